The molecular weight excluding hydrogens is 325 g/mol. The van der Waals surface area contributed by atoms with E-state index in [9.17, 15) is 12.8 Å². The zero-order chi connectivity index (χ0) is 13.3. The van der Waals surface area contributed by atoms with Crippen LogP contribution in [0, 0.1) is 5.82 Å². The molecule has 0 aromatic heterocycles. The Kier molecular flexibility index (Phi) is 4.05. The molecule has 1 aromatic rings. The van der Waals surface area contributed by atoms with Crippen LogP contribution in [0.1, 0.15) is 12.8 Å². The average molecular weight is 338 g/mol. The first-order chi connectivity index (χ1) is 8.46. The summed E-state index contributed by atoms with van der Waals surface area (Å²) < 4.78 is 39.5. The molecule has 1 saturated heterocycles. The number of sulfonamides is 1. The van der Waals surface area contributed by atoms with Gasteiger partial charge in [-0.2, -0.15) is 4.31 Å². The number of benzene rings is 1. The monoisotopic (exact) mass is 337 g/mol. The van der Waals surface area contributed by atoms with Crippen LogP contribution in [0.2, 0.25) is 0 Å². The molecule has 0 bridgehead atoms. The normalized spacial score (nSPS) is 21.4. The zero-order valence-corrected chi connectivity index (χ0v) is 11.9. The second-order valence-electron chi connectivity index (χ2n) is 4.17. The molecule has 1 aromatic carbocycles. The Morgan fingerprint density at radius 2 is 2.22 bits per heavy atom. The Hall–Kier alpha value is -0.500. The van der Waals surface area contributed by atoms with Crippen LogP contribution in [-0.2, 0) is 10.0 Å². The minimum absolute atomic E-state index is 0.0800. The molecular formula is C11H13BrFNO3S. The molecule has 18 heavy (non-hydrogen) atoms. The summed E-state index contributed by atoms with van der Waals surface area (Å²) in [6.45, 7) is 0.156. The summed E-state index contributed by atoms with van der Waals surface area (Å²) >= 11 is 2.98. The van der Waals surface area contributed by atoms with Crippen molar-refractivity contribution in [3.63, 3.8) is 0 Å². The van der Waals surface area contributed by atoms with Gasteiger partial charge in [0.05, 0.1) is 16.0 Å². The maximum atomic E-state index is 13.4. The fraction of sp³-hybridized carbons (Fsp3) is 0.455. The Bertz CT molecular complexity index is 549. The van der Waals surface area contributed by atoms with Crippen molar-refractivity contribution in [1.82, 2.24) is 4.31 Å². The quantitative estimate of drug-likeness (QED) is 0.913. The van der Waals surface area contributed by atoms with E-state index in [-0.39, 0.29) is 16.0 Å². The number of hydrogen-bond donors (Lipinski definition) is 1. The fourth-order valence-corrected chi connectivity index (χ4v) is 4.02. The molecule has 1 fully saturated rings. The van der Waals surface area contributed by atoms with Gasteiger partial charge < -0.3 is 5.11 Å². The summed E-state index contributed by atoms with van der Waals surface area (Å²) in [7, 11) is -3.73. The first kappa shape index (κ1) is 13.9. The van der Waals surface area contributed by atoms with Gasteiger partial charge in [0.2, 0.25) is 10.0 Å². The Balaban J connectivity index is 2.38. The highest BCUT2D eigenvalue weighted by Crippen LogP contribution is 2.27. The molecule has 4 nitrogen and oxygen atoms in total. The SMILES string of the molecule is O=S(=O)(c1ccc(Br)c(F)c1)N1CCC[C@@H]1CO. The number of nitrogens with zero attached hydrogens (tertiary/aromatic N) is 1. The van der Waals surface area contributed by atoms with Crippen molar-refractivity contribution in [2.45, 2.75) is 23.8 Å². The molecule has 0 spiro atoms. The van der Waals surface area contributed by atoms with E-state index in [0.717, 1.165) is 6.07 Å². The van der Waals surface area contributed by atoms with Crippen molar-refractivity contribution in [2.75, 3.05) is 13.2 Å². The highest BCUT2D eigenvalue weighted by molar-refractivity contribution is 9.10. The van der Waals surface area contributed by atoms with E-state index in [1.807, 2.05) is 0 Å². The van der Waals surface area contributed by atoms with Gasteiger partial charge in [-0.25, -0.2) is 12.8 Å². The van der Waals surface area contributed by atoms with Gasteiger partial charge in [0.25, 0.3) is 0 Å². The van der Waals surface area contributed by atoms with E-state index in [1.54, 1.807) is 0 Å². The number of hydrogen-bond acceptors (Lipinski definition) is 3. The number of halogens is 2. The van der Waals surface area contributed by atoms with Crippen molar-refractivity contribution in [2.24, 2.45) is 0 Å². The van der Waals surface area contributed by atoms with Crippen molar-refractivity contribution in [3.8, 4) is 0 Å². The molecule has 1 aliphatic heterocycles. The van der Waals surface area contributed by atoms with Crippen LogP contribution in [0.5, 0.6) is 0 Å². The van der Waals surface area contributed by atoms with E-state index in [4.69, 9.17) is 5.11 Å². The Labute approximate surface area is 114 Å². The largest absolute Gasteiger partial charge is 0.395 e. The molecule has 0 amide bonds. The Morgan fingerprint density at radius 3 is 2.83 bits per heavy atom. The lowest BCUT2D eigenvalue weighted by Crippen LogP contribution is -2.37. The molecule has 0 unspecified atom stereocenters. The number of aliphatic hydroxyl groups excluding tert-OH is 1. The minimum atomic E-state index is -3.73. The molecule has 1 atom stereocenters. The van der Waals surface area contributed by atoms with E-state index < -0.39 is 21.9 Å². The van der Waals surface area contributed by atoms with E-state index in [0.29, 0.717) is 19.4 Å². The molecule has 2 rings (SSSR count). The standard InChI is InChI=1S/C11H13BrFNO3S/c12-10-4-3-9(6-11(10)13)18(16,17)14-5-1-2-8(14)7-15/h3-4,6,8,15H,1-2,5,7H2/t8-/m1/s1. The van der Waals surface area contributed by atoms with Gasteiger partial charge in [-0.05, 0) is 47.0 Å². The summed E-state index contributed by atoms with van der Waals surface area (Å²) in [6, 6.07) is 3.31. The van der Waals surface area contributed by atoms with E-state index >= 15 is 0 Å². The van der Waals surface area contributed by atoms with Gasteiger partial charge in [-0.3, -0.25) is 0 Å². The Morgan fingerprint density at radius 1 is 1.50 bits per heavy atom. The van der Waals surface area contributed by atoms with Gasteiger partial charge in [0, 0.05) is 12.6 Å². The van der Waals surface area contributed by atoms with Crippen molar-refractivity contribution in [1.29, 1.82) is 0 Å². The molecule has 100 valence electrons. The molecule has 1 heterocycles. The van der Waals surface area contributed by atoms with Crippen LogP contribution in [0.25, 0.3) is 0 Å². The van der Waals surface area contributed by atoms with E-state index in [2.05, 4.69) is 15.9 Å². The second kappa shape index (κ2) is 5.24. The van der Waals surface area contributed by atoms with Crippen LogP contribution in [0.15, 0.2) is 27.6 Å². The smallest absolute Gasteiger partial charge is 0.243 e. The highest BCUT2D eigenvalue weighted by Gasteiger charge is 2.35. The summed E-state index contributed by atoms with van der Waals surface area (Å²) in [6.07, 6.45) is 1.35. The first-order valence-electron chi connectivity index (χ1n) is 5.54. The lowest BCUT2D eigenvalue weighted by molar-refractivity contribution is 0.213. The van der Waals surface area contributed by atoms with Crippen molar-refractivity contribution in [3.05, 3.63) is 28.5 Å². The summed E-state index contributed by atoms with van der Waals surface area (Å²) in [5, 5.41) is 9.16. The minimum Gasteiger partial charge on any atom is -0.395 e. The average Bonchev–Trinajstić information content (AvgIpc) is 2.81. The summed E-state index contributed by atoms with van der Waals surface area (Å²) in [4.78, 5) is -0.0800. The van der Waals surface area contributed by atoms with Gasteiger partial charge in [-0.15, -0.1) is 0 Å². The third kappa shape index (κ3) is 2.45. The first-order valence-corrected chi connectivity index (χ1v) is 7.78. The van der Waals surface area contributed by atoms with Gasteiger partial charge in [-0.1, -0.05) is 0 Å². The zero-order valence-electron chi connectivity index (χ0n) is 9.51. The van der Waals surface area contributed by atoms with Crippen molar-refractivity contribution < 1.29 is 17.9 Å². The molecule has 1 aliphatic rings. The predicted octanol–water partition coefficient (Wildman–Crippen LogP) is 1.73. The third-order valence-corrected chi connectivity index (χ3v) is 5.62. The second-order valence-corrected chi connectivity index (χ2v) is 6.92. The van der Waals surface area contributed by atoms with Crippen LogP contribution in [0.4, 0.5) is 4.39 Å². The van der Waals surface area contributed by atoms with Crippen LogP contribution in [-0.4, -0.2) is 37.0 Å². The predicted molar refractivity (Wildman–Crippen MR) is 68.1 cm³/mol. The van der Waals surface area contributed by atoms with Crippen LogP contribution >= 0.6 is 15.9 Å². The van der Waals surface area contributed by atoms with Gasteiger partial charge >= 0.3 is 0 Å². The maximum Gasteiger partial charge on any atom is 0.243 e. The number of aliphatic hydroxyl groups is 1. The van der Waals surface area contributed by atoms with Crippen LogP contribution < -0.4 is 0 Å². The topological polar surface area (TPSA) is 57.6 Å². The van der Waals surface area contributed by atoms with E-state index in [1.165, 1.54) is 16.4 Å². The highest BCUT2D eigenvalue weighted by atomic mass is 79.9. The summed E-state index contributed by atoms with van der Waals surface area (Å²) in [5.41, 5.74) is 0. The maximum absolute atomic E-state index is 13.4. The van der Waals surface area contributed by atoms with Crippen LogP contribution in [0.3, 0.4) is 0 Å². The molecule has 0 saturated carbocycles. The fourth-order valence-electron chi connectivity index (χ4n) is 2.08. The molecule has 1 N–H and O–H groups in total. The molecule has 0 aliphatic carbocycles. The van der Waals surface area contributed by atoms with Gasteiger partial charge in [0.15, 0.2) is 0 Å². The van der Waals surface area contributed by atoms with Gasteiger partial charge in [0.1, 0.15) is 5.82 Å². The lowest BCUT2D eigenvalue weighted by atomic mass is 10.2. The summed E-state index contributed by atoms with van der Waals surface area (Å²) in [5.74, 6) is -0.615. The lowest BCUT2D eigenvalue weighted by Gasteiger charge is -2.22. The van der Waals surface area contributed by atoms with Crippen molar-refractivity contribution >= 4 is 26.0 Å². The molecule has 7 heteroatoms. The molecule has 0 radical (unpaired) electrons. The third-order valence-electron chi connectivity index (χ3n) is 3.03. The number of rotatable bonds is 3.